The zero-order valence-electron chi connectivity index (χ0n) is 13.3. The summed E-state index contributed by atoms with van der Waals surface area (Å²) in [7, 11) is 0. The van der Waals surface area contributed by atoms with Gasteiger partial charge in [-0.2, -0.15) is 17.0 Å². The molecule has 7 heteroatoms. The van der Waals surface area contributed by atoms with Crippen LogP contribution in [0.4, 0.5) is 4.79 Å². The Labute approximate surface area is 140 Å². The van der Waals surface area contributed by atoms with Gasteiger partial charge in [0.2, 0.25) is 5.91 Å². The summed E-state index contributed by atoms with van der Waals surface area (Å²) >= 11 is 1.63. The second-order valence-corrected chi connectivity index (χ2v) is 6.45. The first-order valence-corrected chi connectivity index (χ1v) is 8.50. The third kappa shape index (κ3) is 6.61. The first-order chi connectivity index (χ1) is 11.0. The Morgan fingerprint density at radius 3 is 2.65 bits per heavy atom. The minimum Gasteiger partial charge on any atom is -0.353 e. The molecule has 0 unspecified atom stereocenters. The first kappa shape index (κ1) is 18.8. The second kappa shape index (κ2) is 9.74. The van der Waals surface area contributed by atoms with Gasteiger partial charge in [-0.15, -0.1) is 0 Å². The van der Waals surface area contributed by atoms with Gasteiger partial charge in [-0.25, -0.2) is 4.79 Å². The summed E-state index contributed by atoms with van der Waals surface area (Å²) in [4.78, 5) is 22.9. The molecule has 1 rings (SSSR count). The van der Waals surface area contributed by atoms with Crippen LogP contribution in [0, 0.1) is 17.2 Å². The molecule has 0 radical (unpaired) electrons. The van der Waals surface area contributed by atoms with Gasteiger partial charge in [0.05, 0.1) is 11.6 Å². The molecule has 1 atom stereocenters. The molecule has 23 heavy (non-hydrogen) atoms. The topological polar surface area (TPSA) is 108 Å². The molecule has 0 saturated carbocycles. The van der Waals surface area contributed by atoms with E-state index in [1.807, 2.05) is 32.0 Å². The Kier molecular flexibility index (Phi) is 7.98. The van der Waals surface area contributed by atoms with E-state index < -0.39 is 12.1 Å². The molecule has 0 spiro atoms. The number of urea groups is 1. The lowest BCUT2D eigenvalue weighted by Crippen LogP contribution is -2.51. The van der Waals surface area contributed by atoms with Gasteiger partial charge >= 0.3 is 6.03 Å². The second-order valence-electron chi connectivity index (χ2n) is 5.34. The molecule has 0 fully saturated rings. The van der Waals surface area contributed by atoms with Crippen LogP contribution in [0.5, 0.6) is 0 Å². The average molecular weight is 334 g/mol. The zero-order chi connectivity index (χ0) is 17.2. The number of rotatable bonds is 8. The summed E-state index contributed by atoms with van der Waals surface area (Å²) in [6, 6.07) is 8.29. The Morgan fingerprint density at radius 1 is 1.35 bits per heavy atom. The highest BCUT2D eigenvalue weighted by Gasteiger charge is 2.22. The van der Waals surface area contributed by atoms with Crippen LogP contribution in [0.15, 0.2) is 24.3 Å². The number of nitrogens with zero attached hydrogens (tertiary/aromatic N) is 1. The molecule has 0 saturated heterocycles. The van der Waals surface area contributed by atoms with Crippen molar-refractivity contribution in [3.05, 3.63) is 35.4 Å². The van der Waals surface area contributed by atoms with Crippen LogP contribution in [0.1, 0.15) is 25.0 Å². The van der Waals surface area contributed by atoms with Crippen LogP contribution in [0.2, 0.25) is 0 Å². The number of primary amides is 1. The van der Waals surface area contributed by atoms with Gasteiger partial charge < -0.3 is 16.4 Å². The maximum absolute atomic E-state index is 12.0. The number of carbonyl (C=O) groups is 2. The van der Waals surface area contributed by atoms with Crippen LogP contribution in [0.3, 0.4) is 0 Å². The smallest absolute Gasteiger partial charge is 0.312 e. The van der Waals surface area contributed by atoms with Gasteiger partial charge in [0.1, 0.15) is 6.04 Å². The number of nitriles is 1. The number of hydrogen-bond acceptors (Lipinski definition) is 4. The van der Waals surface area contributed by atoms with Crippen LogP contribution in [0.25, 0.3) is 0 Å². The molecular weight excluding hydrogens is 312 g/mol. The monoisotopic (exact) mass is 334 g/mol. The lowest BCUT2D eigenvalue weighted by molar-refractivity contribution is -0.123. The van der Waals surface area contributed by atoms with Crippen molar-refractivity contribution in [2.45, 2.75) is 25.6 Å². The van der Waals surface area contributed by atoms with Crippen molar-refractivity contribution in [2.75, 3.05) is 12.3 Å². The van der Waals surface area contributed by atoms with E-state index in [0.717, 1.165) is 5.56 Å². The van der Waals surface area contributed by atoms with Crippen molar-refractivity contribution in [3.8, 4) is 6.07 Å². The standard InChI is InChI=1S/C16H22N4O2S/c1-11(2)14(20-16(18)22)15(21)19-7-8-23-10-13-6-4-3-5-12(13)9-17/h3-6,11,14H,7-8,10H2,1-2H3,(H,19,21)(H3,18,20,22)/t14-/m0/s1. The highest BCUT2D eigenvalue weighted by atomic mass is 32.2. The fraction of sp³-hybridized carbons (Fsp3) is 0.438. The summed E-state index contributed by atoms with van der Waals surface area (Å²) in [6.07, 6.45) is 0. The van der Waals surface area contributed by atoms with E-state index in [0.29, 0.717) is 23.6 Å². The van der Waals surface area contributed by atoms with Crippen molar-refractivity contribution >= 4 is 23.7 Å². The molecule has 3 amide bonds. The summed E-state index contributed by atoms with van der Waals surface area (Å²) < 4.78 is 0. The van der Waals surface area contributed by atoms with E-state index in [4.69, 9.17) is 11.0 Å². The SMILES string of the molecule is CC(C)[C@H](NC(N)=O)C(=O)NCCSCc1ccccc1C#N. The van der Waals surface area contributed by atoms with Crippen molar-refractivity contribution in [1.82, 2.24) is 10.6 Å². The molecule has 6 nitrogen and oxygen atoms in total. The van der Waals surface area contributed by atoms with E-state index in [1.165, 1.54) is 0 Å². The molecule has 0 aromatic heterocycles. The summed E-state index contributed by atoms with van der Waals surface area (Å²) in [6.45, 7) is 4.17. The molecule has 1 aromatic rings. The number of nitrogens with one attached hydrogen (secondary N) is 2. The van der Waals surface area contributed by atoms with Crippen molar-refractivity contribution in [3.63, 3.8) is 0 Å². The Balaban J connectivity index is 2.35. The number of thioether (sulfide) groups is 1. The highest BCUT2D eigenvalue weighted by molar-refractivity contribution is 7.98. The van der Waals surface area contributed by atoms with E-state index in [1.54, 1.807) is 17.8 Å². The van der Waals surface area contributed by atoms with Crippen molar-refractivity contribution in [1.29, 1.82) is 5.26 Å². The normalized spacial score (nSPS) is 11.6. The van der Waals surface area contributed by atoms with Crippen LogP contribution in [-0.2, 0) is 10.5 Å². The maximum Gasteiger partial charge on any atom is 0.312 e. The average Bonchev–Trinajstić information content (AvgIpc) is 2.52. The molecule has 0 aliphatic heterocycles. The molecule has 0 heterocycles. The number of hydrogen-bond donors (Lipinski definition) is 3. The molecule has 0 bridgehead atoms. The lowest BCUT2D eigenvalue weighted by Gasteiger charge is -2.20. The fourth-order valence-corrected chi connectivity index (χ4v) is 2.84. The predicted octanol–water partition coefficient (Wildman–Crippen LogP) is 1.60. The third-order valence-corrected chi connectivity index (χ3v) is 4.20. The summed E-state index contributed by atoms with van der Waals surface area (Å²) in [5.41, 5.74) is 6.74. The van der Waals surface area contributed by atoms with E-state index in [2.05, 4.69) is 16.7 Å². The van der Waals surface area contributed by atoms with Gasteiger partial charge in [0, 0.05) is 18.1 Å². The minimum absolute atomic E-state index is 0.0438. The zero-order valence-corrected chi connectivity index (χ0v) is 14.2. The lowest BCUT2D eigenvalue weighted by atomic mass is 10.0. The van der Waals surface area contributed by atoms with Gasteiger partial charge in [-0.1, -0.05) is 32.0 Å². The van der Waals surface area contributed by atoms with E-state index >= 15 is 0 Å². The van der Waals surface area contributed by atoms with Crippen LogP contribution < -0.4 is 16.4 Å². The largest absolute Gasteiger partial charge is 0.353 e. The Hall–Kier alpha value is -2.20. The van der Waals surface area contributed by atoms with Gasteiger partial charge in [0.15, 0.2) is 0 Å². The van der Waals surface area contributed by atoms with Crippen LogP contribution in [-0.4, -0.2) is 30.3 Å². The van der Waals surface area contributed by atoms with Crippen LogP contribution >= 0.6 is 11.8 Å². The molecule has 1 aromatic carbocycles. The first-order valence-electron chi connectivity index (χ1n) is 7.35. The maximum atomic E-state index is 12.0. The quantitative estimate of drug-likeness (QED) is 0.627. The number of carbonyl (C=O) groups excluding carboxylic acids is 2. The molecule has 0 aliphatic carbocycles. The predicted molar refractivity (Wildman–Crippen MR) is 91.7 cm³/mol. The highest BCUT2D eigenvalue weighted by Crippen LogP contribution is 2.15. The Morgan fingerprint density at radius 2 is 2.04 bits per heavy atom. The number of benzene rings is 1. The van der Waals surface area contributed by atoms with Gasteiger partial charge in [-0.05, 0) is 17.5 Å². The van der Waals surface area contributed by atoms with Gasteiger partial charge in [0.25, 0.3) is 0 Å². The van der Waals surface area contributed by atoms with E-state index in [9.17, 15) is 9.59 Å². The molecule has 124 valence electrons. The summed E-state index contributed by atoms with van der Waals surface area (Å²) in [5, 5.41) is 14.3. The minimum atomic E-state index is -0.707. The molecule has 0 aliphatic rings. The molecule has 4 N–H and O–H groups in total. The molecular formula is C16H22N4O2S. The third-order valence-electron chi connectivity index (χ3n) is 3.19. The Bertz CT molecular complexity index is 584. The van der Waals surface area contributed by atoms with Crippen molar-refractivity contribution < 1.29 is 9.59 Å². The summed E-state index contributed by atoms with van der Waals surface area (Å²) in [5.74, 6) is 1.15. The number of nitrogens with two attached hydrogens (primary N) is 1. The van der Waals surface area contributed by atoms with Crippen molar-refractivity contribution in [2.24, 2.45) is 11.7 Å². The van der Waals surface area contributed by atoms with E-state index in [-0.39, 0.29) is 11.8 Å². The van der Waals surface area contributed by atoms with Gasteiger partial charge in [-0.3, -0.25) is 4.79 Å². The fourth-order valence-electron chi connectivity index (χ4n) is 1.98. The number of amides is 3.